The van der Waals surface area contributed by atoms with Crippen LogP contribution in [0, 0.1) is 0 Å². The van der Waals surface area contributed by atoms with E-state index in [0.717, 1.165) is 0 Å². The second-order valence-corrected chi connectivity index (χ2v) is 11.7. The summed E-state index contributed by atoms with van der Waals surface area (Å²) in [5.41, 5.74) is 0. The van der Waals surface area contributed by atoms with E-state index >= 15 is 0 Å². The van der Waals surface area contributed by atoms with Gasteiger partial charge in [-0.15, -0.1) is 0 Å². The molecule has 1 aromatic rings. The van der Waals surface area contributed by atoms with Crippen LogP contribution < -0.4 is 3.58 Å². The Balaban J connectivity index is 1.69. The van der Waals surface area contributed by atoms with Crippen molar-refractivity contribution in [3.63, 3.8) is 0 Å². The topological polar surface area (TPSA) is 0 Å². The van der Waals surface area contributed by atoms with Crippen LogP contribution in [0.1, 0.15) is 110 Å². The van der Waals surface area contributed by atoms with Gasteiger partial charge in [-0.2, -0.15) is 0 Å². The molecule has 25 heavy (non-hydrogen) atoms. The molecule has 2 radical (unpaired) electrons. The Hall–Kier alpha value is 0.0187. The summed E-state index contributed by atoms with van der Waals surface area (Å²) >= 11 is -0.254. The maximum atomic E-state index is 2.33. The van der Waals surface area contributed by atoms with E-state index in [9.17, 15) is 0 Å². The van der Waals surface area contributed by atoms with E-state index in [1.54, 1.807) is 3.58 Å². The summed E-state index contributed by atoms with van der Waals surface area (Å²) < 4.78 is 3.21. The van der Waals surface area contributed by atoms with E-state index in [-0.39, 0.29) is 21.1 Å². The molecule has 1 rings (SSSR count). The Morgan fingerprint density at radius 2 is 0.920 bits per heavy atom. The maximum absolute atomic E-state index is 2.33. The van der Waals surface area contributed by atoms with E-state index in [4.69, 9.17) is 0 Å². The summed E-state index contributed by atoms with van der Waals surface area (Å²) in [5, 5.41) is 0. The van der Waals surface area contributed by atoms with Crippen molar-refractivity contribution in [1.29, 1.82) is 0 Å². The van der Waals surface area contributed by atoms with E-state index < -0.39 is 0 Å². The second kappa shape index (κ2) is 18.8. The zero-order chi connectivity index (χ0) is 17.8. The van der Waals surface area contributed by atoms with Gasteiger partial charge in [-0.05, 0) is 0 Å². The van der Waals surface area contributed by atoms with Crippen molar-refractivity contribution in [3.05, 3.63) is 30.3 Å². The first kappa shape index (κ1) is 23.1. The third-order valence-corrected chi connectivity index (χ3v) is 8.97. The minimum atomic E-state index is -0.254. The van der Waals surface area contributed by atoms with Crippen molar-refractivity contribution in [2.24, 2.45) is 0 Å². The first-order valence-electron chi connectivity index (χ1n) is 11.2. The van der Waals surface area contributed by atoms with Crippen molar-refractivity contribution in [2.45, 2.75) is 114 Å². The molecule has 142 valence electrons. The molecule has 0 saturated carbocycles. The number of hydrogen-bond donors (Lipinski definition) is 0. The zero-order valence-corrected chi connectivity index (χ0v) is 19.8. The number of unbranched alkanes of at least 4 members (excludes halogenated alkanes) is 15. The van der Waals surface area contributed by atoms with E-state index in [2.05, 4.69) is 37.3 Å². The fourth-order valence-corrected chi connectivity index (χ4v) is 6.73. The van der Waals surface area contributed by atoms with Crippen molar-refractivity contribution in [3.8, 4) is 0 Å². The third kappa shape index (κ3) is 16.0. The van der Waals surface area contributed by atoms with Gasteiger partial charge < -0.3 is 0 Å². The van der Waals surface area contributed by atoms with Gasteiger partial charge >= 0.3 is 130 Å². The van der Waals surface area contributed by atoms with Gasteiger partial charge in [-0.3, -0.25) is 0 Å². The quantitative estimate of drug-likeness (QED) is 0.159. The Labute approximate surface area is 168 Å². The van der Waals surface area contributed by atoms with Crippen LogP contribution in [0.25, 0.3) is 0 Å². The van der Waals surface area contributed by atoms with Gasteiger partial charge in [0, 0.05) is 0 Å². The number of rotatable bonds is 18. The molecule has 1 heteroatoms. The predicted octanol–water partition coefficient (Wildman–Crippen LogP) is 7.70. The van der Waals surface area contributed by atoms with E-state index in [1.807, 2.05) is 0 Å². The van der Waals surface area contributed by atoms with Crippen molar-refractivity contribution in [1.82, 2.24) is 0 Å². The van der Waals surface area contributed by atoms with Gasteiger partial charge in [0.2, 0.25) is 0 Å². The molecule has 0 aliphatic heterocycles. The SMILES string of the molecule is CCCCCCCCCCCCCCCCC[CH2][Sn][c]1ccccc1. The summed E-state index contributed by atoms with van der Waals surface area (Å²) in [5.74, 6) is 0. The predicted molar refractivity (Wildman–Crippen MR) is 116 cm³/mol. The van der Waals surface area contributed by atoms with Crippen LogP contribution in [0.5, 0.6) is 0 Å². The molecule has 0 spiro atoms. The fourth-order valence-electron chi connectivity index (χ4n) is 3.46. The summed E-state index contributed by atoms with van der Waals surface area (Å²) in [7, 11) is 0. The van der Waals surface area contributed by atoms with Crippen LogP contribution in [0.15, 0.2) is 30.3 Å². The fraction of sp³-hybridized carbons (Fsp3) is 0.750. The Bertz CT molecular complexity index is 360. The summed E-state index contributed by atoms with van der Waals surface area (Å²) in [6, 6.07) is 11.2. The summed E-state index contributed by atoms with van der Waals surface area (Å²) in [4.78, 5) is 0. The standard InChI is InChI=1S/C18H37.C6H5.Sn/c1-3-5-7-9-11-13-15-17-18-16-14-12-10-8-6-4-2;1-2-4-6-5-3-1;/h1,3-18H2,2H3;1-5H;. The minimum absolute atomic E-state index is 0.254. The molecule has 0 N–H and O–H groups in total. The molecule has 0 atom stereocenters. The summed E-state index contributed by atoms with van der Waals surface area (Å²) in [6.45, 7) is 2.30. The first-order chi connectivity index (χ1) is 12.4. The molecule has 0 bridgehead atoms. The average molecular weight is 449 g/mol. The van der Waals surface area contributed by atoms with Crippen LogP contribution in [0.2, 0.25) is 4.44 Å². The molecule has 0 unspecified atom stereocenters. The Kier molecular flexibility index (Phi) is 17.3. The molecule has 0 nitrogen and oxygen atoms in total. The van der Waals surface area contributed by atoms with Gasteiger partial charge in [0.15, 0.2) is 0 Å². The molecule has 0 aliphatic rings. The van der Waals surface area contributed by atoms with Crippen molar-refractivity contribution in [2.75, 3.05) is 0 Å². The monoisotopic (exact) mass is 450 g/mol. The van der Waals surface area contributed by atoms with Gasteiger partial charge in [0.05, 0.1) is 0 Å². The zero-order valence-electron chi connectivity index (χ0n) is 16.9. The molecule has 0 aromatic heterocycles. The van der Waals surface area contributed by atoms with Crippen LogP contribution in [0.4, 0.5) is 0 Å². The van der Waals surface area contributed by atoms with Gasteiger partial charge in [-0.1, -0.05) is 39.0 Å². The van der Waals surface area contributed by atoms with Crippen molar-refractivity contribution < 1.29 is 0 Å². The molecule has 0 saturated heterocycles. The Morgan fingerprint density at radius 3 is 1.36 bits per heavy atom. The number of benzene rings is 1. The molecular weight excluding hydrogens is 407 g/mol. The first-order valence-corrected chi connectivity index (χ1v) is 14.7. The molecule has 0 fully saturated rings. The second-order valence-electron chi connectivity index (χ2n) is 7.60. The molecule has 0 heterocycles. The van der Waals surface area contributed by atoms with Gasteiger partial charge in [-0.25, -0.2) is 0 Å². The van der Waals surface area contributed by atoms with Crippen LogP contribution >= 0.6 is 0 Å². The Morgan fingerprint density at radius 1 is 0.520 bits per heavy atom. The normalized spacial score (nSPS) is 11.1. The van der Waals surface area contributed by atoms with Gasteiger partial charge in [0.1, 0.15) is 0 Å². The molecule has 0 aliphatic carbocycles. The average Bonchev–Trinajstić information content (AvgIpc) is 2.65. The van der Waals surface area contributed by atoms with Crippen LogP contribution in [-0.4, -0.2) is 21.1 Å². The van der Waals surface area contributed by atoms with Crippen LogP contribution in [-0.2, 0) is 0 Å². The van der Waals surface area contributed by atoms with Crippen LogP contribution in [0.3, 0.4) is 0 Å². The number of hydrogen-bond acceptors (Lipinski definition) is 0. The van der Waals surface area contributed by atoms with E-state index in [1.165, 1.54) is 107 Å². The molecule has 1 aromatic carbocycles. The van der Waals surface area contributed by atoms with Crippen molar-refractivity contribution >= 4 is 24.7 Å². The van der Waals surface area contributed by atoms with E-state index in [0.29, 0.717) is 0 Å². The molecular formula is C24H42Sn. The molecule has 0 amide bonds. The third-order valence-electron chi connectivity index (χ3n) is 5.13. The van der Waals surface area contributed by atoms with Gasteiger partial charge in [0.25, 0.3) is 0 Å². The summed E-state index contributed by atoms with van der Waals surface area (Å²) in [6.07, 6.45) is 23.5.